The molecule has 1 amide bonds. The second-order valence-corrected chi connectivity index (χ2v) is 6.41. The van der Waals surface area contributed by atoms with Crippen LogP contribution in [0.15, 0.2) is 60.7 Å². The zero-order valence-electron chi connectivity index (χ0n) is 13.9. The molecule has 0 saturated carbocycles. The highest BCUT2D eigenvalue weighted by atomic mass is 16.5. The Balaban J connectivity index is 1.88. The van der Waals surface area contributed by atoms with Crippen molar-refractivity contribution >= 4 is 5.91 Å². The van der Waals surface area contributed by atoms with E-state index in [9.17, 15) is 4.79 Å². The summed E-state index contributed by atoms with van der Waals surface area (Å²) < 4.78 is 5.75. The van der Waals surface area contributed by atoms with E-state index in [-0.39, 0.29) is 12.0 Å². The van der Waals surface area contributed by atoms with E-state index in [4.69, 9.17) is 10.5 Å². The molecule has 3 rings (SSSR count). The molecule has 1 heterocycles. The molecule has 2 aromatic rings. The summed E-state index contributed by atoms with van der Waals surface area (Å²) >= 11 is 0. The lowest BCUT2D eigenvalue weighted by Gasteiger charge is -2.33. The van der Waals surface area contributed by atoms with E-state index in [0.717, 1.165) is 17.5 Å². The zero-order chi connectivity index (χ0) is 17.0. The summed E-state index contributed by atoms with van der Waals surface area (Å²) in [5.74, 6) is -0.0823. The van der Waals surface area contributed by atoms with Crippen LogP contribution in [0.3, 0.4) is 0 Å². The zero-order valence-corrected chi connectivity index (χ0v) is 13.9. The van der Waals surface area contributed by atoms with Gasteiger partial charge in [-0.1, -0.05) is 60.7 Å². The lowest BCUT2D eigenvalue weighted by molar-refractivity contribution is -0.133. The Morgan fingerprint density at radius 2 is 1.62 bits per heavy atom. The van der Waals surface area contributed by atoms with Crippen molar-refractivity contribution in [3.05, 3.63) is 71.8 Å². The number of hydrogen-bond donors (Lipinski definition) is 2. The van der Waals surface area contributed by atoms with Gasteiger partial charge in [-0.3, -0.25) is 4.79 Å². The van der Waals surface area contributed by atoms with Gasteiger partial charge < -0.3 is 15.8 Å². The average Bonchev–Trinajstić information content (AvgIpc) is 3.12. The summed E-state index contributed by atoms with van der Waals surface area (Å²) in [4.78, 5) is 12.8. The van der Waals surface area contributed by atoms with Crippen molar-refractivity contribution in [2.24, 2.45) is 5.73 Å². The van der Waals surface area contributed by atoms with Gasteiger partial charge in [0.15, 0.2) is 0 Å². The Kier molecular flexibility index (Phi) is 4.97. The van der Waals surface area contributed by atoms with Gasteiger partial charge in [-0.05, 0) is 30.9 Å². The Bertz CT molecular complexity index is 633. The topological polar surface area (TPSA) is 64.4 Å². The van der Waals surface area contributed by atoms with Gasteiger partial charge in [0.2, 0.25) is 5.91 Å². The molecule has 1 aliphatic heterocycles. The third-order valence-corrected chi connectivity index (χ3v) is 4.74. The van der Waals surface area contributed by atoms with E-state index >= 15 is 0 Å². The highest BCUT2D eigenvalue weighted by molar-refractivity contribution is 5.82. The maximum Gasteiger partial charge on any atom is 0.250 e. The quantitative estimate of drug-likeness (QED) is 0.888. The standard InChI is InChI=1S/C20H24N2O2/c1-20(15-8-4-2-5-9-15,16-10-6-3-7-11-16)22-19(23)18-13-12-17(14-21)24-18/h2-11,17-18H,12-14,21H2,1H3,(H,22,23)/t17-,18+/m1/s1. The fraction of sp³-hybridized carbons (Fsp3) is 0.350. The predicted octanol–water partition coefficient (Wildman–Crippen LogP) is 2.57. The van der Waals surface area contributed by atoms with Crippen molar-refractivity contribution in [2.75, 3.05) is 6.54 Å². The fourth-order valence-electron chi connectivity index (χ4n) is 3.25. The van der Waals surface area contributed by atoms with E-state index in [1.165, 1.54) is 0 Å². The summed E-state index contributed by atoms with van der Waals surface area (Å²) in [5.41, 5.74) is 7.12. The normalized spacial score (nSPS) is 20.8. The molecule has 4 heteroatoms. The van der Waals surface area contributed by atoms with Crippen molar-refractivity contribution < 1.29 is 9.53 Å². The lowest BCUT2D eigenvalue weighted by atomic mass is 9.84. The molecule has 2 aromatic carbocycles. The molecule has 3 N–H and O–H groups in total. The van der Waals surface area contributed by atoms with Crippen LogP contribution in [0, 0.1) is 0 Å². The summed E-state index contributed by atoms with van der Waals surface area (Å²) in [7, 11) is 0. The third kappa shape index (κ3) is 3.35. The van der Waals surface area contributed by atoms with Gasteiger partial charge in [0, 0.05) is 6.54 Å². The molecule has 126 valence electrons. The molecule has 0 unspecified atom stereocenters. The van der Waals surface area contributed by atoms with Gasteiger partial charge in [0.1, 0.15) is 6.10 Å². The maximum absolute atomic E-state index is 12.8. The van der Waals surface area contributed by atoms with Crippen molar-refractivity contribution in [1.29, 1.82) is 0 Å². The van der Waals surface area contributed by atoms with Crippen LogP contribution in [0.2, 0.25) is 0 Å². The Morgan fingerprint density at radius 3 is 2.08 bits per heavy atom. The molecule has 2 atom stereocenters. The number of nitrogens with two attached hydrogens (primary N) is 1. The molecule has 4 nitrogen and oxygen atoms in total. The first-order valence-corrected chi connectivity index (χ1v) is 8.42. The fourth-order valence-corrected chi connectivity index (χ4v) is 3.25. The minimum atomic E-state index is -0.607. The molecule has 24 heavy (non-hydrogen) atoms. The Labute approximate surface area is 143 Å². The molecular weight excluding hydrogens is 300 g/mol. The number of rotatable bonds is 5. The second kappa shape index (κ2) is 7.16. The third-order valence-electron chi connectivity index (χ3n) is 4.74. The number of carbonyl (C=O) groups is 1. The predicted molar refractivity (Wildman–Crippen MR) is 94.4 cm³/mol. The SMILES string of the molecule is CC(NC(=O)[C@@H]1CC[C@H](CN)O1)(c1ccccc1)c1ccccc1. The molecule has 1 aliphatic rings. The van der Waals surface area contributed by atoms with Gasteiger partial charge in [0.05, 0.1) is 11.6 Å². The molecule has 0 aromatic heterocycles. The van der Waals surface area contributed by atoms with Crippen LogP contribution in [0.1, 0.15) is 30.9 Å². The lowest BCUT2D eigenvalue weighted by Crippen LogP contribution is -2.48. The van der Waals surface area contributed by atoms with Crippen molar-refractivity contribution in [2.45, 2.75) is 37.5 Å². The molecule has 0 spiro atoms. The Morgan fingerprint density at radius 1 is 1.08 bits per heavy atom. The molecule has 1 saturated heterocycles. The first-order chi connectivity index (χ1) is 11.6. The van der Waals surface area contributed by atoms with Crippen LogP contribution in [0.5, 0.6) is 0 Å². The molecule has 0 radical (unpaired) electrons. The number of amides is 1. The van der Waals surface area contributed by atoms with Crippen molar-refractivity contribution in [3.8, 4) is 0 Å². The first-order valence-electron chi connectivity index (χ1n) is 8.42. The average molecular weight is 324 g/mol. The molecule has 1 fully saturated rings. The van der Waals surface area contributed by atoms with Gasteiger partial charge in [-0.25, -0.2) is 0 Å². The molecular formula is C20H24N2O2. The van der Waals surface area contributed by atoms with Gasteiger partial charge in [-0.2, -0.15) is 0 Å². The Hall–Kier alpha value is -2.17. The number of hydrogen-bond acceptors (Lipinski definition) is 3. The molecule has 0 aliphatic carbocycles. The van der Waals surface area contributed by atoms with Gasteiger partial charge in [0.25, 0.3) is 0 Å². The smallest absolute Gasteiger partial charge is 0.250 e. The monoisotopic (exact) mass is 324 g/mol. The molecule has 0 bridgehead atoms. The van der Waals surface area contributed by atoms with E-state index < -0.39 is 11.6 Å². The van der Waals surface area contributed by atoms with E-state index in [1.807, 2.05) is 67.6 Å². The van der Waals surface area contributed by atoms with Crippen LogP contribution in [0.25, 0.3) is 0 Å². The number of carbonyl (C=O) groups excluding carboxylic acids is 1. The minimum absolute atomic E-state index is 0.0135. The maximum atomic E-state index is 12.8. The van der Waals surface area contributed by atoms with Crippen molar-refractivity contribution in [1.82, 2.24) is 5.32 Å². The van der Waals surface area contributed by atoms with Crippen molar-refractivity contribution in [3.63, 3.8) is 0 Å². The summed E-state index contributed by atoms with van der Waals surface area (Å²) in [6, 6.07) is 20.0. The largest absolute Gasteiger partial charge is 0.364 e. The van der Waals surface area contributed by atoms with Crippen LogP contribution in [-0.4, -0.2) is 24.7 Å². The minimum Gasteiger partial charge on any atom is -0.364 e. The van der Waals surface area contributed by atoms with Crippen LogP contribution in [-0.2, 0) is 15.1 Å². The summed E-state index contributed by atoms with van der Waals surface area (Å²) in [6.07, 6.45) is 1.11. The van der Waals surface area contributed by atoms with Gasteiger partial charge >= 0.3 is 0 Å². The van der Waals surface area contributed by atoms with E-state index in [0.29, 0.717) is 13.0 Å². The van der Waals surface area contributed by atoms with Crippen LogP contribution < -0.4 is 11.1 Å². The highest BCUT2D eigenvalue weighted by Gasteiger charge is 2.36. The van der Waals surface area contributed by atoms with Gasteiger partial charge in [-0.15, -0.1) is 0 Å². The number of benzene rings is 2. The number of nitrogens with one attached hydrogen (secondary N) is 1. The van der Waals surface area contributed by atoms with E-state index in [1.54, 1.807) is 0 Å². The van der Waals surface area contributed by atoms with E-state index in [2.05, 4.69) is 5.32 Å². The van der Waals surface area contributed by atoms with Crippen LogP contribution in [0.4, 0.5) is 0 Å². The summed E-state index contributed by atoms with van der Waals surface area (Å²) in [5, 5.41) is 3.21. The number of ether oxygens (including phenoxy) is 1. The van der Waals surface area contributed by atoms with Crippen LogP contribution >= 0.6 is 0 Å². The highest BCUT2D eigenvalue weighted by Crippen LogP contribution is 2.30. The first kappa shape index (κ1) is 16.7. The second-order valence-electron chi connectivity index (χ2n) is 6.41. The summed E-state index contributed by atoms with van der Waals surface area (Å²) in [6.45, 7) is 2.49.